The summed E-state index contributed by atoms with van der Waals surface area (Å²) in [5.74, 6) is -0.160. The molecule has 4 aromatic rings. The monoisotopic (exact) mass is 486 g/mol. The Hall–Kier alpha value is -3.80. The van der Waals surface area contributed by atoms with Gasteiger partial charge in [0.1, 0.15) is 21.4 Å². The number of rotatable bonds is 8. The predicted molar refractivity (Wildman–Crippen MR) is 125 cm³/mol. The Morgan fingerprint density at radius 1 is 1.18 bits per heavy atom. The number of amides is 1. The van der Waals surface area contributed by atoms with Gasteiger partial charge in [-0.1, -0.05) is 11.3 Å². The van der Waals surface area contributed by atoms with Gasteiger partial charge in [-0.05, 0) is 37.1 Å². The molecule has 0 saturated carbocycles. The number of ether oxygens (including phenoxy) is 1. The van der Waals surface area contributed by atoms with Crippen LogP contribution in [0.2, 0.25) is 0 Å². The van der Waals surface area contributed by atoms with Crippen molar-refractivity contribution >= 4 is 27.5 Å². The van der Waals surface area contributed by atoms with Crippen molar-refractivity contribution in [1.82, 2.24) is 29.4 Å². The summed E-state index contributed by atoms with van der Waals surface area (Å²) in [5.41, 5.74) is 0.281. The molecule has 0 atom stereocenters. The number of fused-ring (bicyclic) bond motifs is 1. The highest BCUT2D eigenvalue weighted by Crippen LogP contribution is 2.30. The number of carbonyl (C=O) groups excluding carboxylic acids is 1. The summed E-state index contributed by atoms with van der Waals surface area (Å²) in [5, 5.41) is 11.9. The molecule has 178 valence electrons. The van der Waals surface area contributed by atoms with E-state index in [0.29, 0.717) is 38.5 Å². The third-order valence-electron chi connectivity index (χ3n) is 5.43. The number of hydrogen-bond donors (Lipinski definition) is 1. The fraction of sp³-hybridized carbons (Fsp3) is 0.318. The van der Waals surface area contributed by atoms with Gasteiger partial charge in [-0.15, -0.1) is 4.80 Å². The largest absolute Gasteiger partial charge is 0.496 e. The van der Waals surface area contributed by atoms with Gasteiger partial charge in [0.2, 0.25) is 5.91 Å². The number of halogens is 1. The van der Waals surface area contributed by atoms with Crippen molar-refractivity contribution in [2.75, 3.05) is 13.7 Å². The van der Waals surface area contributed by atoms with Crippen molar-refractivity contribution in [3.8, 4) is 10.8 Å². The van der Waals surface area contributed by atoms with E-state index < -0.39 is 17.1 Å². The minimum atomic E-state index is -0.514. The lowest BCUT2D eigenvalue weighted by molar-refractivity contribution is -0.118. The zero-order valence-corrected chi connectivity index (χ0v) is 19.7. The van der Waals surface area contributed by atoms with Gasteiger partial charge in [0, 0.05) is 32.1 Å². The molecule has 4 rings (SSSR count). The topological polar surface area (TPSA) is 113 Å². The van der Waals surface area contributed by atoms with Gasteiger partial charge in [-0.25, -0.2) is 9.18 Å². The molecule has 0 spiro atoms. The van der Waals surface area contributed by atoms with Crippen LogP contribution in [0.15, 0.2) is 40.2 Å². The van der Waals surface area contributed by atoms with E-state index in [1.165, 1.54) is 65.3 Å². The molecule has 1 aromatic carbocycles. The summed E-state index contributed by atoms with van der Waals surface area (Å²) < 4.78 is 21.8. The molecule has 0 bridgehead atoms. The minimum absolute atomic E-state index is 0.0150. The smallest absolute Gasteiger partial charge is 0.332 e. The van der Waals surface area contributed by atoms with Crippen LogP contribution in [0.1, 0.15) is 18.1 Å². The van der Waals surface area contributed by atoms with E-state index in [2.05, 4.69) is 15.5 Å². The van der Waals surface area contributed by atoms with E-state index in [0.717, 1.165) is 4.57 Å². The lowest BCUT2D eigenvalue weighted by atomic mass is 10.1. The van der Waals surface area contributed by atoms with Crippen LogP contribution < -0.4 is 21.3 Å². The van der Waals surface area contributed by atoms with Crippen LogP contribution in [0.5, 0.6) is 5.75 Å². The number of methoxy groups -OCH3 is 1. The van der Waals surface area contributed by atoms with Gasteiger partial charge in [-0.2, -0.15) is 10.2 Å². The molecular formula is C22H23FN6O4S. The van der Waals surface area contributed by atoms with Gasteiger partial charge >= 0.3 is 5.69 Å². The fourth-order valence-corrected chi connectivity index (χ4v) is 5.04. The Morgan fingerprint density at radius 3 is 2.59 bits per heavy atom. The van der Waals surface area contributed by atoms with E-state index in [1.807, 2.05) is 0 Å². The molecule has 0 saturated heterocycles. The zero-order chi connectivity index (χ0) is 24.4. The molecule has 3 aromatic heterocycles. The summed E-state index contributed by atoms with van der Waals surface area (Å²) in [6.07, 6.45) is 3.35. The van der Waals surface area contributed by atoms with Crippen molar-refractivity contribution < 1.29 is 13.9 Å². The highest BCUT2D eigenvalue weighted by molar-refractivity contribution is 7.21. The van der Waals surface area contributed by atoms with Crippen LogP contribution in [-0.2, 0) is 24.3 Å². The zero-order valence-electron chi connectivity index (χ0n) is 18.9. The second-order valence-electron chi connectivity index (χ2n) is 7.61. The summed E-state index contributed by atoms with van der Waals surface area (Å²) in [6.45, 7) is 3.47. The Kier molecular flexibility index (Phi) is 6.59. The van der Waals surface area contributed by atoms with Gasteiger partial charge in [0.25, 0.3) is 5.56 Å². The summed E-state index contributed by atoms with van der Waals surface area (Å²) in [7, 11) is 1.50. The first-order chi connectivity index (χ1) is 16.3. The molecule has 3 heterocycles. The molecule has 10 nitrogen and oxygen atoms in total. The van der Waals surface area contributed by atoms with E-state index in [-0.39, 0.29) is 25.5 Å². The van der Waals surface area contributed by atoms with Crippen molar-refractivity contribution in [3.63, 3.8) is 0 Å². The molecule has 0 unspecified atom stereocenters. The average Bonchev–Trinajstić information content (AvgIpc) is 3.44. The Labute approximate surface area is 197 Å². The number of nitrogens with one attached hydrogen (secondary N) is 1. The molecule has 0 fully saturated rings. The number of thiophene rings is 1. The lowest BCUT2D eigenvalue weighted by Gasteiger charge is -2.14. The van der Waals surface area contributed by atoms with Crippen molar-refractivity contribution in [2.24, 2.45) is 0 Å². The van der Waals surface area contributed by atoms with Crippen LogP contribution >= 0.6 is 11.3 Å². The molecule has 12 heteroatoms. The van der Waals surface area contributed by atoms with Crippen LogP contribution in [0.4, 0.5) is 4.39 Å². The number of nitrogens with zero attached hydrogens (tertiary/aromatic N) is 5. The molecule has 1 amide bonds. The molecular weight excluding hydrogens is 463 g/mol. The standard InChI is InChI=1S/C22H23FN6O4S/c1-13-18-19(31)27(11-9-24-14(2)30)22(32)28(21(18)34-20(13)29-25-7-8-26-29)10-6-15-12-16(23)4-5-17(15)33-3/h4-5,7-8,12H,6,9-11H2,1-3H3,(H,24,30). The van der Waals surface area contributed by atoms with E-state index in [9.17, 15) is 18.8 Å². The highest BCUT2D eigenvalue weighted by atomic mass is 32.1. The van der Waals surface area contributed by atoms with Gasteiger partial charge in [0.05, 0.1) is 24.9 Å². The van der Waals surface area contributed by atoms with Gasteiger partial charge < -0.3 is 10.1 Å². The quantitative estimate of drug-likeness (QED) is 0.405. The second kappa shape index (κ2) is 9.59. The molecule has 0 aliphatic rings. The normalized spacial score (nSPS) is 11.2. The molecule has 0 aliphatic heterocycles. The maximum Gasteiger partial charge on any atom is 0.332 e. The van der Waals surface area contributed by atoms with Crippen LogP contribution in [0.25, 0.3) is 15.2 Å². The number of aryl methyl sites for hydroxylation is 3. The summed E-state index contributed by atoms with van der Waals surface area (Å²) >= 11 is 1.23. The summed E-state index contributed by atoms with van der Waals surface area (Å²) in [6, 6.07) is 4.21. The third kappa shape index (κ3) is 4.36. The highest BCUT2D eigenvalue weighted by Gasteiger charge is 2.22. The Balaban J connectivity index is 1.85. The Morgan fingerprint density at radius 2 is 1.91 bits per heavy atom. The van der Waals surface area contributed by atoms with Crippen LogP contribution in [-0.4, -0.2) is 43.7 Å². The molecule has 0 radical (unpaired) electrons. The SMILES string of the molecule is COc1ccc(F)cc1CCn1c(=O)n(CCNC(C)=O)c(=O)c2c(C)c(-n3nccn3)sc21. The first-order valence-electron chi connectivity index (χ1n) is 10.5. The second-order valence-corrected chi connectivity index (χ2v) is 8.59. The van der Waals surface area contributed by atoms with E-state index in [4.69, 9.17) is 4.74 Å². The Bertz CT molecular complexity index is 1470. The molecule has 1 N–H and O–H groups in total. The van der Waals surface area contributed by atoms with E-state index in [1.54, 1.807) is 6.92 Å². The fourth-order valence-electron chi connectivity index (χ4n) is 3.81. The lowest BCUT2D eigenvalue weighted by Crippen LogP contribution is -2.42. The van der Waals surface area contributed by atoms with Crippen molar-refractivity contribution in [2.45, 2.75) is 33.4 Å². The predicted octanol–water partition coefficient (Wildman–Crippen LogP) is 1.64. The third-order valence-corrected chi connectivity index (χ3v) is 6.71. The first kappa shape index (κ1) is 23.4. The van der Waals surface area contributed by atoms with Crippen LogP contribution in [0.3, 0.4) is 0 Å². The van der Waals surface area contributed by atoms with Crippen molar-refractivity contribution in [1.29, 1.82) is 0 Å². The van der Waals surface area contributed by atoms with Gasteiger partial charge in [-0.3, -0.25) is 18.7 Å². The number of aromatic nitrogens is 5. The molecule has 0 aliphatic carbocycles. The maximum atomic E-state index is 13.9. The number of carbonyl (C=O) groups is 1. The molecule has 34 heavy (non-hydrogen) atoms. The van der Waals surface area contributed by atoms with Crippen LogP contribution in [0, 0.1) is 12.7 Å². The maximum absolute atomic E-state index is 13.9. The van der Waals surface area contributed by atoms with E-state index >= 15 is 0 Å². The summed E-state index contributed by atoms with van der Waals surface area (Å²) in [4.78, 5) is 39.9. The number of benzene rings is 1. The number of hydrogen-bond acceptors (Lipinski definition) is 7. The average molecular weight is 487 g/mol. The van der Waals surface area contributed by atoms with Gasteiger partial charge in [0.15, 0.2) is 0 Å². The minimum Gasteiger partial charge on any atom is -0.496 e. The first-order valence-corrected chi connectivity index (χ1v) is 11.3. The van der Waals surface area contributed by atoms with Crippen molar-refractivity contribution in [3.05, 3.63) is 68.4 Å².